The molecule has 0 spiro atoms. The van der Waals surface area contributed by atoms with Gasteiger partial charge in [-0.3, -0.25) is 14.7 Å². The van der Waals surface area contributed by atoms with Gasteiger partial charge in [0.2, 0.25) is 0 Å². The molecule has 24 heavy (non-hydrogen) atoms. The van der Waals surface area contributed by atoms with E-state index in [4.69, 9.17) is 0 Å². The van der Waals surface area contributed by atoms with E-state index in [0.29, 0.717) is 18.1 Å². The van der Waals surface area contributed by atoms with E-state index in [-0.39, 0.29) is 5.91 Å². The topological polar surface area (TPSA) is 45.2 Å². The minimum atomic E-state index is 0.0617. The van der Waals surface area contributed by atoms with Gasteiger partial charge in [-0.2, -0.15) is 0 Å². The van der Waals surface area contributed by atoms with Crippen molar-refractivity contribution in [2.24, 2.45) is 0 Å². The number of carbonyl (C=O) groups excluding carboxylic acids is 1. The Bertz CT molecular complexity index is 541. The van der Waals surface area contributed by atoms with Crippen molar-refractivity contribution in [1.82, 2.24) is 15.2 Å². The maximum absolute atomic E-state index is 12.5. The van der Waals surface area contributed by atoms with Gasteiger partial charge in [0.25, 0.3) is 5.91 Å². The summed E-state index contributed by atoms with van der Waals surface area (Å²) in [6.07, 6.45) is 16.6. The Labute approximate surface area is 145 Å². The fourth-order valence-electron chi connectivity index (χ4n) is 5.28. The van der Waals surface area contributed by atoms with Gasteiger partial charge in [-0.05, 0) is 50.7 Å². The first-order valence-electron chi connectivity index (χ1n) is 9.79. The number of carbonyl (C=O) groups is 1. The van der Waals surface area contributed by atoms with Crippen LogP contribution in [0.5, 0.6) is 0 Å². The highest BCUT2D eigenvalue weighted by Gasteiger charge is 2.41. The molecule has 2 unspecified atom stereocenters. The number of nitrogens with zero attached hydrogens (tertiary/aromatic N) is 2. The molecule has 3 aliphatic rings. The summed E-state index contributed by atoms with van der Waals surface area (Å²) in [6.45, 7) is 0. The number of fused-ring (bicyclic) bond motifs is 2. The molecular weight excluding hydrogens is 298 g/mol. The van der Waals surface area contributed by atoms with Crippen molar-refractivity contribution >= 4 is 5.91 Å². The van der Waals surface area contributed by atoms with Crippen LogP contribution >= 0.6 is 0 Å². The SMILES string of the molecule is O=C(NC1CC2CCCC(C1)N2C1CCCCC1)c1ccncc1. The van der Waals surface area contributed by atoms with Gasteiger partial charge < -0.3 is 5.32 Å². The number of nitrogens with one attached hydrogen (secondary N) is 1. The Morgan fingerprint density at radius 2 is 1.54 bits per heavy atom. The first-order chi connectivity index (χ1) is 11.8. The summed E-state index contributed by atoms with van der Waals surface area (Å²) < 4.78 is 0. The van der Waals surface area contributed by atoms with E-state index in [1.165, 1.54) is 51.4 Å². The molecule has 0 aromatic carbocycles. The van der Waals surface area contributed by atoms with Crippen molar-refractivity contribution in [3.8, 4) is 0 Å². The minimum Gasteiger partial charge on any atom is -0.349 e. The van der Waals surface area contributed by atoms with Gasteiger partial charge in [0.1, 0.15) is 0 Å². The molecule has 2 saturated heterocycles. The van der Waals surface area contributed by atoms with E-state index in [0.717, 1.165) is 24.4 Å². The summed E-state index contributed by atoms with van der Waals surface area (Å²) >= 11 is 0. The molecule has 4 nitrogen and oxygen atoms in total. The predicted octanol–water partition coefficient (Wildman–Crippen LogP) is 3.53. The number of pyridine rings is 1. The molecule has 2 atom stereocenters. The Morgan fingerprint density at radius 1 is 0.917 bits per heavy atom. The van der Waals surface area contributed by atoms with Crippen LogP contribution in [-0.4, -0.2) is 40.0 Å². The Morgan fingerprint density at radius 3 is 2.21 bits per heavy atom. The Balaban J connectivity index is 1.41. The zero-order valence-corrected chi connectivity index (χ0v) is 14.5. The smallest absolute Gasteiger partial charge is 0.251 e. The molecule has 1 aliphatic carbocycles. The van der Waals surface area contributed by atoms with Crippen LogP contribution in [0.3, 0.4) is 0 Å². The third kappa shape index (κ3) is 3.34. The third-order valence-corrected chi connectivity index (χ3v) is 6.31. The maximum Gasteiger partial charge on any atom is 0.251 e. The van der Waals surface area contributed by atoms with Crippen molar-refractivity contribution in [3.63, 3.8) is 0 Å². The van der Waals surface area contributed by atoms with Crippen molar-refractivity contribution in [3.05, 3.63) is 30.1 Å². The number of rotatable bonds is 3. The van der Waals surface area contributed by atoms with Crippen LogP contribution in [-0.2, 0) is 0 Å². The summed E-state index contributed by atoms with van der Waals surface area (Å²) in [7, 11) is 0. The molecule has 1 amide bonds. The maximum atomic E-state index is 12.5. The lowest BCUT2D eigenvalue weighted by Crippen LogP contribution is -2.60. The van der Waals surface area contributed by atoms with Crippen molar-refractivity contribution in [2.75, 3.05) is 0 Å². The van der Waals surface area contributed by atoms with Crippen LogP contribution in [0.15, 0.2) is 24.5 Å². The number of aromatic nitrogens is 1. The molecule has 1 aromatic rings. The van der Waals surface area contributed by atoms with Crippen LogP contribution < -0.4 is 5.32 Å². The summed E-state index contributed by atoms with van der Waals surface area (Å²) in [5.41, 5.74) is 0.727. The fourth-order valence-corrected chi connectivity index (χ4v) is 5.28. The lowest BCUT2D eigenvalue weighted by atomic mass is 9.78. The summed E-state index contributed by atoms with van der Waals surface area (Å²) in [6, 6.07) is 6.11. The van der Waals surface area contributed by atoms with Crippen molar-refractivity contribution in [1.29, 1.82) is 0 Å². The second kappa shape index (κ2) is 7.22. The quantitative estimate of drug-likeness (QED) is 0.924. The second-order valence-electron chi connectivity index (χ2n) is 7.86. The zero-order chi connectivity index (χ0) is 16.4. The largest absolute Gasteiger partial charge is 0.349 e. The Kier molecular flexibility index (Phi) is 4.83. The highest BCUT2D eigenvalue weighted by Crippen LogP contribution is 2.39. The van der Waals surface area contributed by atoms with E-state index in [2.05, 4.69) is 15.2 Å². The van der Waals surface area contributed by atoms with Crippen LogP contribution in [0.25, 0.3) is 0 Å². The molecule has 0 radical (unpaired) electrons. The van der Waals surface area contributed by atoms with Crippen LogP contribution in [0, 0.1) is 0 Å². The van der Waals surface area contributed by atoms with E-state index < -0.39 is 0 Å². The van der Waals surface area contributed by atoms with E-state index >= 15 is 0 Å². The fraction of sp³-hybridized carbons (Fsp3) is 0.700. The van der Waals surface area contributed by atoms with Gasteiger partial charge in [-0.25, -0.2) is 0 Å². The molecule has 1 saturated carbocycles. The lowest BCUT2D eigenvalue weighted by Gasteiger charge is -2.53. The van der Waals surface area contributed by atoms with Crippen molar-refractivity contribution < 1.29 is 4.79 Å². The second-order valence-corrected chi connectivity index (χ2v) is 7.86. The number of piperidine rings is 2. The molecule has 4 rings (SSSR count). The van der Waals surface area contributed by atoms with E-state index in [9.17, 15) is 4.79 Å². The van der Waals surface area contributed by atoms with E-state index in [1.807, 2.05) is 0 Å². The van der Waals surface area contributed by atoms with Crippen LogP contribution in [0.1, 0.15) is 74.6 Å². The molecule has 3 heterocycles. The molecule has 2 bridgehead atoms. The number of amides is 1. The number of hydrogen-bond acceptors (Lipinski definition) is 3. The van der Waals surface area contributed by atoms with E-state index in [1.54, 1.807) is 24.5 Å². The van der Waals surface area contributed by atoms with Gasteiger partial charge in [0, 0.05) is 42.1 Å². The van der Waals surface area contributed by atoms with Crippen molar-refractivity contribution in [2.45, 2.75) is 88.4 Å². The molecular formula is C20H29N3O. The third-order valence-electron chi connectivity index (χ3n) is 6.31. The van der Waals surface area contributed by atoms with Gasteiger partial charge in [-0.1, -0.05) is 25.7 Å². The average molecular weight is 327 g/mol. The summed E-state index contributed by atoms with van der Waals surface area (Å²) in [5.74, 6) is 0.0617. The predicted molar refractivity (Wildman–Crippen MR) is 94.9 cm³/mol. The molecule has 3 fully saturated rings. The number of hydrogen-bond donors (Lipinski definition) is 1. The van der Waals surface area contributed by atoms with Gasteiger partial charge in [-0.15, -0.1) is 0 Å². The van der Waals surface area contributed by atoms with Gasteiger partial charge >= 0.3 is 0 Å². The van der Waals surface area contributed by atoms with Gasteiger partial charge in [0.15, 0.2) is 0 Å². The molecule has 1 aromatic heterocycles. The molecule has 130 valence electrons. The normalized spacial score (nSPS) is 31.6. The summed E-state index contributed by atoms with van der Waals surface area (Å²) in [4.78, 5) is 19.3. The average Bonchev–Trinajstić information content (AvgIpc) is 2.62. The Hall–Kier alpha value is -1.42. The monoisotopic (exact) mass is 327 g/mol. The standard InChI is InChI=1S/C20H29N3O/c24-20(15-9-11-21-12-10-15)22-16-13-18-7-4-8-19(14-16)23(18)17-5-2-1-3-6-17/h9-12,16-19H,1-8,13-14H2,(H,22,24). The minimum absolute atomic E-state index is 0.0617. The van der Waals surface area contributed by atoms with Crippen LogP contribution in [0.2, 0.25) is 0 Å². The van der Waals surface area contributed by atoms with Crippen LogP contribution in [0.4, 0.5) is 0 Å². The highest BCUT2D eigenvalue weighted by molar-refractivity contribution is 5.94. The molecule has 2 aliphatic heterocycles. The lowest BCUT2D eigenvalue weighted by molar-refractivity contribution is -0.0211. The first-order valence-corrected chi connectivity index (χ1v) is 9.79. The highest BCUT2D eigenvalue weighted by atomic mass is 16.1. The van der Waals surface area contributed by atoms with Gasteiger partial charge in [0.05, 0.1) is 0 Å². The zero-order valence-electron chi connectivity index (χ0n) is 14.5. The molecule has 1 N–H and O–H groups in total. The summed E-state index contributed by atoms with van der Waals surface area (Å²) in [5, 5.41) is 3.29. The molecule has 4 heteroatoms. The first kappa shape index (κ1) is 16.1.